The van der Waals surface area contributed by atoms with Crippen LogP contribution in [0.25, 0.3) is 0 Å². The molecule has 0 saturated heterocycles. The number of nitrogens with one attached hydrogen (secondary N) is 2. The molecule has 0 radical (unpaired) electrons. The van der Waals surface area contributed by atoms with E-state index in [1.54, 1.807) is 0 Å². The summed E-state index contributed by atoms with van der Waals surface area (Å²) in [6, 6.07) is 7.52. The molecule has 98 valence electrons. The van der Waals surface area contributed by atoms with Crippen molar-refractivity contribution in [2.75, 3.05) is 6.54 Å². The van der Waals surface area contributed by atoms with Gasteiger partial charge in [-0.2, -0.15) is 0 Å². The first kappa shape index (κ1) is 14.9. The van der Waals surface area contributed by atoms with Crippen molar-refractivity contribution in [1.29, 1.82) is 0 Å². The number of hydrogen-bond donors (Lipinski definition) is 2. The fraction of sp³-hybridized carbons (Fsp3) is 0.385. The number of thiocarbonyl (C=S) groups is 1. The van der Waals surface area contributed by atoms with E-state index in [1.807, 2.05) is 31.2 Å². The van der Waals surface area contributed by atoms with Crippen LogP contribution in [0.5, 0.6) is 0 Å². The second-order valence-corrected chi connectivity index (χ2v) is 4.71. The van der Waals surface area contributed by atoms with Crippen molar-refractivity contribution < 1.29 is 4.79 Å². The summed E-state index contributed by atoms with van der Waals surface area (Å²) in [7, 11) is 0. The molecule has 2 N–H and O–H groups in total. The smallest absolute Gasteiger partial charge is 0.226 e. The zero-order valence-corrected chi connectivity index (χ0v) is 11.9. The number of carbonyl (C=O) groups excluding carboxylic acids is 1. The predicted molar refractivity (Wildman–Crippen MR) is 78.8 cm³/mol. The maximum atomic E-state index is 11.6. The molecule has 0 fully saturated rings. The van der Waals surface area contributed by atoms with Crippen molar-refractivity contribution >= 4 is 34.8 Å². The van der Waals surface area contributed by atoms with E-state index in [0.29, 0.717) is 23.0 Å². The lowest BCUT2D eigenvalue weighted by atomic mass is 10.1. The summed E-state index contributed by atoms with van der Waals surface area (Å²) in [5.74, 6) is -0.0940. The van der Waals surface area contributed by atoms with Crippen molar-refractivity contribution in [2.45, 2.75) is 26.2 Å². The Bertz CT molecular complexity index is 423. The predicted octanol–water partition coefficient (Wildman–Crippen LogP) is 2.67. The molecule has 0 heterocycles. The van der Waals surface area contributed by atoms with Crippen LogP contribution < -0.4 is 10.6 Å². The van der Waals surface area contributed by atoms with E-state index in [1.165, 1.54) is 0 Å². The van der Waals surface area contributed by atoms with Crippen LogP contribution >= 0.6 is 23.8 Å². The summed E-state index contributed by atoms with van der Waals surface area (Å²) in [5.41, 5.74) is 0.974. The van der Waals surface area contributed by atoms with Crippen LogP contribution in [-0.4, -0.2) is 17.6 Å². The molecule has 5 heteroatoms. The molecule has 1 rings (SSSR count). The van der Waals surface area contributed by atoms with E-state index in [9.17, 15) is 4.79 Å². The van der Waals surface area contributed by atoms with Gasteiger partial charge in [-0.1, -0.05) is 36.7 Å². The molecule has 0 bridgehead atoms. The number of aryl methyl sites for hydroxylation is 1. The van der Waals surface area contributed by atoms with E-state index >= 15 is 0 Å². The Morgan fingerprint density at radius 2 is 2.11 bits per heavy atom. The van der Waals surface area contributed by atoms with E-state index in [4.69, 9.17) is 23.8 Å². The molecule has 1 amide bonds. The van der Waals surface area contributed by atoms with Gasteiger partial charge in [-0.25, -0.2) is 0 Å². The third-order valence-corrected chi connectivity index (χ3v) is 2.98. The van der Waals surface area contributed by atoms with E-state index in [2.05, 4.69) is 10.6 Å². The maximum absolute atomic E-state index is 11.6. The average Bonchev–Trinajstić information content (AvgIpc) is 2.35. The topological polar surface area (TPSA) is 41.1 Å². The first-order chi connectivity index (χ1) is 8.63. The molecular weight excluding hydrogens is 268 g/mol. The van der Waals surface area contributed by atoms with Crippen LogP contribution in [0.2, 0.25) is 5.02 Å². The molecule has 0 atom stereocenters. The van der Waals surface area contributed by atoms with Crippen molar-refractivity contribution in [3.05, 3.63) is 34.9 Å². The highest BCUT2D eigenvalue weighted by atomic mass is 35.5. The average molecular weight is 285 g/mol. The Hall–Kier alpha value is -1.13. The lowest BCUT2D eigenvalue weighted by Crippen LogP contribution is -2.39. The second kappa shape index (κ2) is 8.06. The van der Waals surface area contributed by atoms with E-state index in [-0.39, 0.29) is 5.91 Å². The molecule has 0 aliphatic rings. The number of halogens is 1. The zero-order valence-electron chi connectivity index (χ0n) is 10.3. The van der Waals surface area contributed by atoms with Crippen LogP contribution in [-0.2, 0) is 11.2 Å². The van der Waals surface area contributed by atoms with Crippen molar-refractivity contribution in [3.63, 3.8) is 0 Å². The first-order valence-corrected chi connectivity index (χ1v) is 6.73. The van der Waals surface area contributed by atoms with Gasteiger partial charge in [0.15, 0.2) is 5.11 Å². The van der Waals surface area contributed by atoms with Gasteiger partial charge in [0, 0.05) is 18.0 Å². The summed E-state index contributed by atoms with van der Waals surface area (Å²) in [6.45, 7) is 2.80. The number of hydrogen-bond acceptors (Lipinski definition) is 2. The minimum Gasteiger partial charge on any atom is -0.362 e. The van der Waals surface area contributed by atoms with Gasteiger partial charge < -0.3 is 10.6 Å². The largest absolute Gasteiger partial charge is 0.362 e. The molecule has 0 aliphatic carbocycles. The number of rotatable bonds is 5. The molecule has 3 nitrogen and oxygen atoms in total. The Kier molecular flexibility index (Phi) is 6.68. The van der Waals surface area contributed by atoms with Crippen molar-refractivity contribution in [3.8, 4) is 0 Å². The molecule has 0 aromatic heterocycles. The van der Waals surface area contributed by atoms with Gasteiger partial charge in [0.05, 0.1) is 0 Å². The van der Waals surface area contributed by atoms with Gasteiger partial charge in [0.2, 0.25) is 5.91 Å². The highest BCUT2D eigenvalue weighted by Crippen LogP contribution is 2.16. The quantitative estimate of drug-likeness (QED) is 0.817. The molecule has 1 aromatic carbocycles. The van der Waals surface area contributed by atoms with Gasteiger partial charge in [-0.3, -0.25) is 4.79 Å². The van der Waals surface area contributed by atoms with Gasteiger partial charge >= 0.3 is 0 Å². The number of benzene rings is 1. The molecule has 1 aromatic rings. The van der Waals surface area contributed by atoms with Gasteiger partial charge in [0.1, 0.15) is 0 Å². The van der Waals surface area contributed by atoms with Crippen LogP contribution in [0.4, 0.5) is 0 Å². The standard InChI is InChI=1S/C13H17ClN2OS/c1-2-9-15-13(18)16-12(17)8-7-10-5-3-4-6-11(10)14/h3-6H,2,7-9H2,1H3,(H2,15,16,17,18). The lowest BCUT2D eigenvalue weighted by molar-refractivity contribution is -0.119. The molecule has 18 heavy (non-hydrogen) atoms. The summed E-state index contributed by atoms with van der Waals surface area (Å²) in [4.78, 5) is 11.6. The summed E-state index contributed by atoms with van der Waals surface area (Å²) in [6.07, 6.45) is 1.95. The monoisotopic (exact) mass is 284 g/mol. The molecule has 0 unspecified atom stereocenters. The Balaban J connectivity index is 2.33. The fourth-order valence-electron chi connectivity index (χ4n) is 1.42. The summed E-state index contributed by atoms with van der Waals surface area (Å²) >= 11 is 11.0. The van der Waals surface area contributed by atoms with Crippen LogP contribution in [0.15, 0.2) is 24.3 Å². The van der Waals surface area contributed by atoms with Gasteiger partial charge in [-0.15, -0.1) is 0 Å². The van der Waals surface area contributed by atoms with Gasteiger partial charge in [0.25, 0.3) is 0 Å². The van der Waals surface area contributed by atoms with E-state index in [0.717, 1.165) is 18.5 Å². The second-order valence-electron chi connectivity index (χ2n) is 3.90. The Morgan fingerprint density at radius 1 is 1.39 bits per heavy atom. The minimum atomic E-state index is -0.0940. The fourth-order valence-corrected chi connectivity index (χ4v) is 1.87. The Morgan fingerprint density at radius 3 is 2.78 bits per heavy atom. The summed E-state index contributed by atoms with van der Waals surface area (Å²) in [5, 5.41) is 6.67. The highest BCUT2D eigenvalue weighted by molar-refractivity contribution is 7.80. The number of carbonyl (C=O) groups is 1. The maximum Gasteiger partial charge on any atom is 0.226 e. The number of amides is 1. The molecule has 0 aliphatic heterocycles. The van der Waals surface area contributed by atoms with E-state index < -0.39 is 0 Å². The lowest BCUT2D eigenvalue weighted by Gasteiger charge is -2.08. The third kappa shape index (κ3) is 5.47. The van der Waals surface area contributed by atoms with Crippen LogP contribution in [0, 0.1) is 0 Å². The zero-order chi connectivity index (χ0) is 13.4. The normalized spacial score (nSPS) is 9.89. The SMILES string of the molecule is CCCNC(=S)NC(=O)CCc1ccccc1Cl. The molecular formula is C13H17ClN2OS. The van der Waals surface area contributed by atoms with Crippen LogP contribution in [0.1, 0.15) is 25.3 Å². The molecule has 0 spiro atoms. The highest BCUT2D eigenvalue weighted by Gasteiger charge is 2.06. The Labute approximate surface area is 118 Å². The first-order valence-electron chi connectivity index (χ1n) is 5.94. The summed E-state index contributed by atoms with van der Waals surface area (Å²) < 4.78 is 0. The minimum absolute atomic E-state index is 0.0940. The van der Waals surface area contributed by atoms with Crippen molar-refractivity contribution in [1.82, 2.24) is 10.6 Å². The van der Waals surface area contributed by atoms with Gasteiger partial charge in [-0.05, 0) is 36.7 Å². The van der Waals surface area contributed by atoms with Crippen molar-refractivity contribution in [2.24, 2.45) is 0 Å². The molecule has 0 saturated carbocycles. The third-order valence-electron chi connectivity index (χ3n) is 2.37. The van der Waals surface area contributed by atoms with Crippen LogP contribution in [0.3, 0.4) is 0 Å².